The molecule has 2 heteroatoms. The first-order valence-corrected chi connectivity index (χ1v) is 8.23. The van der Waals surface area contributed by atoms with Crippen molar-refractivity contribution in [1.29, 1.82) is 0 Å². The lowest BCUT2D eigenvalue weighted by Crippen LogP contribution is -2.26. The quantitative estimate of drug-likeness (QED) is 0.813. The van der Waals surface area contributed by atoms with Crippen molar-refractivity contribution in [3.63, 3.8) is 0 Å². The molecule has 2 nitrogen and oxygen atoms in total. The van der Waals surface area contributed by atoms with Gasteiger partial charge in [0, 0.05) is 19.6 Å². The van der Waals surface area contributed by atoms with Gasteiger partial charge in [0.25, 0.3) is 0 Å². The normalized spacial score (nSPS) is 18.6. The Morgan fingerprint density at radius 3 is 2.40 bits per heavy atom. The zero-order valence-electron chi connectivity index (χ0n) is 13.4. The Balaban J connectivity index is 2.00. The molecule has 2 rings (SSSR count). The van der Waals surface area contributed by atoms with E-state index in [-0.39, 0.29) is 0 Å². The summed E-state index contributed by atoms with van der Waals surface area (Å²) in [6, 6.07) is 8.89. The summed E-state index contributed by atoms with van der Waals surface area (Å²) in [5, 5.41) is 3.45. The fourth-order valence-corrected chi connectivity index (χ4v) is 3.37. The number of nitrogens with zero attached hydrogens (tertiary/aromatic N) is 1. The molecule has 0 radical (unpaired) electrons. The van der Waals surface area contributed by atoms with Gasteiger partial charge in [-0.25, -0.2) is 0 Å². The Kier molecular flexibility index (Phi) is 5.62. The van der Waals surface area contributed by atoms with E-state index in [0.717, 1.165) is 19.6 Å². The highest BCUT2D eigenvalue weighted by atomic mass is 15.2. The molecule has 1 aliphatic rings. The van der Waals surface area contributed by atoms with Crippen LogP contribution < -0.4 is 5.32 Å². The van der Waals surface area contributed by atoms with Crippen molar-refractivity contribution in [2.24, 2.45) is 5.41 Å². The SMILES string of the molecule is CCNCc1ccccc1CN1CCC(CC)(CC)C1. The minimum absolute atomic E-state index is 0.580. The summed E-state index contributed by atoms with van der Waals surface area (Å²) in [5.74, 6) is 0. The largest absolute Gasteiger partial charge is 0.313 e. The second-order valence-electron chi connectivity index (χ2n) is 6.22. The van der Waals surface area contributed by atoms with Gasteiger partial charge in [-0.05, 0) is 48.9 Å². The van der Waals surface area contributed by atoms with Gasteiger partial charge in [-0.2, -0.15) is 0 Å². The second-order valence-corrected chi connectivity index (χ2v) is 6.22. The molecule has 0 unspecified atom stereocenters. The molecule has 20 heavy (non-hydrogen) atoms. The highest BCUT2D eigenvalue weighted by Crippen LogP contribution is 2.37. The van der Waals surface area contributed by atoms with Crippen molar-refractivity contribution < 1.29 is 0 Å². The number of hydrogen-bond donors (Lipinski definition) is 1. The smallest absolute Gasteiger partial charge is 0.0237 e. The van der Waals surface area contributed by atoms with E-state index in [0.29, 0.717) is 5.41 Å². The van der Waals surface area contributed by atoms with Crippen LogP contribution >= 0.6 is 0 Å². The van der Waals surface area contributed by atoms with Crippen LogP contribution in [0, 0.1) is 5.41 Å². The monoisotopic (exact) mass is 274 g/mol. The molecule has 0 aliphatic carbocycles. The minimum Gasteiger partial charge on any atom is -0.313 e. The Morgan fingerprint density at radius 2 is 1.80 bits per heavy atom. The van der Waals surface area contributed by atoms with Gasteiger partial charge in [0.15, 0.2) is 0 Å². The molecular formula is C18H30N2. The predicted molar refractivity (Wildman–Crippen MR) is 86.7 cm³/mol. The lowest BCUT2D eigenvalue weighted by atomic mass is 9.82. The van der Waals surface area contributed by atoms with Crippen LogP contribution in [0.3, 0.4) is 0 Å². The van der Waals surface area contributed by atoms with Crippen LogP contribution in [0.15, 0.2) is 24.3 Å². The van der Waals surface area contributed by atoms with E-state index in [1.165, 1.54) is 43.5 Å². The molecule has 0 spiro atoms. The van der Waals surface area contributed by atoms with Crippen molar-refractivity contribution in [2.75, 3.05) is 19.6 Å². The maximum Gasteiger partial charge on any atom is 0.0237 e. The molecule has 112 valence electrons. The topological polar surface area (TPSA) is 15.3 Å². The molecule has 0 saturated carbocycles. The van der Waals surface area contributed by atoms with Gasteiger partial charge in [0.1, 0.15) is 0 Å². The van der Waals surface area contributed by atoms with E-state index < -0.39 is 0 Å². The van der Waals surface area contributed by atoms with Gasteiger partial charge in [-0.3, -0.25) is 4.90 Å². The molecule has 1 saturated heterocycles. The maximum atomic E-state index is 3.45. The average molecular weight is 274 g/mol. The molecule has 1 aromatic carbocycles. The predicted octanol–water partition coefficient (Wildman–Crippen LogP) is 3.81. The molecule has 0 bridgehead atoms. The summed E-state index contributed by atoms with van der Waals surface area (Å²) in [6.07, 6.45) is 4.01. The first-order valence-electron chi connectivity index (χ1n) is 8.23. The van der Waals surface area contributed by atoms with Gasteiger partial charge in [-0.1, -0.05) is 45.0 Å². The van der Waals surface area contributed by atoms with Crippen molar-refractivity contribution in [1.82, 2.24) is 10.2 Å². The lowest BCUT2D eigenvalue weighted by Gasteiger charge is -2.27. The first-order chi connectivity index (χ1) is 9.73. The number of benzene rings is 1. The Morgan fingerprint density at radius 1 is 1.10 bits per heavy atom. The van der Waals surface area contributed by atoms with Crippen LogP contribution in [0.5, 0.6) is 0 Å². The highest BCUT2D eigenvalue weighted by molar-refractivity contribution is 5.27. The molecular weight excluding hydrogens is 244 g/mol. The third-order valence-corrected chi connectivity index (χ3v) is 5.10. The van der Waals surface area contributed by atoms with Crippen LogP contribution in [-0.2, 0) is 13.1 Å². The third-order valence-electron chi connectivity index (χ3n) is 5.10. The highest BCUT2D eigenvalue weighted by Gasteiger charge is 2.34. The zero-order chi connectivity index (χ0) is 14.4. The summed E-state index contributed by atoms with van der Waals surface area (Å²) in [7, 11) is 0. The van der Waals surface area contributed by atoms with Crippen molar-refractivity contribution >= 4 is 0 Å². The number of likely N-dealkylation sites (tertiary alicyclic amines) is 1. The first kappa shape index (κ1) is 15.5. The molecule has 1 aliphatic heterocycles. The van der Waals surface area contributed by atoms with Gasteiger partial charge < -0.3 is 5.32 Å². The molecule has 1 N–H and O–H groups in total. The van der Waals surface area contributed by atoms with Gasteiger partial charge >= 0.3 is 0 Å². The third kappa shape index (κ3) is 3.62. The van der Waals surface area contributed by atoms with Crippen LogP contribution in [0.1, 0.15) is 51.2 Å². The Hall–Kier alpha value is -0.860. The molecule has 1 fully saturated rings. The van der Waals surface area contributed by atoms with Gasteiger partial charge in [-0.15, -0.1) is 0 Å². The maximum absolute atomic E-state index is 3.45. The van der Waals surface area contributed by atoms with Gasteiger partial charge in [0.05, 0.1) is 0 Å². The molecule has 1 aromatic rings. The lowest BCUT2D eigenvalue weighted by molar-refractivity contribution is 0.236. The summed E-state index contributed by atoms with van der Waals surface area (Å²) in [6.45, 7) is 12.5. The summed E-state index contributed by atoms with van der Waals surface area (Å²) in [4.78, 5) is 2.65. The molecule has 0 amide bonds. The van der Waals surface area contributed by atoms with Crippen molar-refractivity contribution in [3.8, 4) is 0 Å². The summed E-state index contributed by atoms with van der Waals surface area (Å²) in [5.41, 5.74) is 3.53. The second kappa shape index (κ2) is 7.24. The van der Waals surface area contributed by atoms with E-state index in [4.69, 9.17) is 0 Å². The molecule has 1 heterocycles. The number of rotatable bonds is 7. The Bertz CT molecular complexity index is 410. The van der Waals surface area contributed by atoms with Crippen LogP contribution in [0.25, 0.3) is 0 Å². The minimum atomic E-state index is 0.580. The number of nitrogens with one attached hydrogen (secondary N) is 1. The van der Waals surface area contributed by atoms with E-state index in [1.807, 2.05) is 0 Å². The fourth-order valence-electron chi connectivity index (χ4n) is 3.37. The standard InChI is InChI=1S/C18H30N2/c1-4-18(5-2)11-12-20(15-18)14-17-10-8-7-9-16(17)13-19-6-3/h7-10,19H,4-6,11-15H2,1-3H3. The van der Waals surface area contributed by atoms with Crippen LogP contribution in [-0.4, -0.2) is 24.5 Å². The van der Waals surface area contributed by atoms with Crippen molar-refractivity contribution in [3.05, 3.63) is 35.4 Å². The number of hydrogen-bond acceptors (Lipinski definition) is 2. The van der Waals surface area contributed by atoms with Crippen LogP contribution in [0.2, 0.25) is 0 Å². The summed E-state index contributed by atoms with van der Waals surface area (Å²) >= 11 is 0. The van der Waals surface area contributed by atoms with E-state index in [2.05, 4.69) is 55.3 Å². The summed E-state index contributed by atoms with van der Waals surface area (Å²) < 4.78 is 0. The van der Waals surface area contributed by atoms with Crippen LogP contribution in [0.4, 0.5) is 0 Å². The van der Waals surface area contributed by atoms with Gasteiger partial charge in [0.2, 0.25) is 0 Å². The average Bonchev–Trinajstić information content (AvgIpc) is 2.90. The van der Waals surface area contributed by atoms with Crippen molar-refractivity contribution in [2.45, 2.75) is 53.1 Å². The van der Waals surface area contributed by atoms with E-state index >= 15 is 0 Å². The van der Waals surface area contributed by atoms with E-state index in [1.54, 1.807) is 0 Å². The fraction of sp³-hybridized carbons (Fsp3) is 0.667. The Labute approximate surface area is 124 Å². The molecule has 0 aromatic heterocycles. The molecule has 0 atom stereocenters. The van der Waals surface area contributed by atoms with E-state index in [9.17, 15) is 0 Å². The zero-order valence-corrected chi connectivity index (χ0v) is 13.4.